The highest BCUT2D eigenvalue weighted by Crippen LogP contribution is 2.26. The van der Waals surface area contributed by atoms with Crippen molar-refractivity contribution in [1.29, 1.82) is 0 Å². The fraction of sp³-hybridized carbons (Fsp3) is 0.500. The van der Waals surface area contributed by atoms with Crippen molar-refractivity contribution in [2.45, 2.75) is 23.8 Å². The standard InChI is InChI=1S/C10H15N3O3S/c1-10(14)4-5-13(7-10)17(15,16)8-2-3-9(11)12-6-8/h2-3,6,14H,4-5,7H2,1H3,(H2,11,12). The molecule has 1 fully saturated rings. The zero-order valence-electron chi connectivity index (χ0n) is 9.50. The van der Waals surface area contributed by atoms with E-state index >= 15 is 0 Å². The van der Waals surface area contributed by atoms with E-state index < -0.39 is 15.6 Å². The molecule has 17 heavy (non-hydrogen) atoms. The molecule has 0 amide bonds. The maximum Gasteiger partial charge on any atom is 0.244 e. The molecule has 1 aromatic heterocycles. The SMILES string of the molecule is CC1(O)CCN(S(=O)(=O)c2ccc(N)nc2)C1. The van der Waals surface area contributed by atoms with Gasteiger partial charge in [0.2, 0.25) is 10.0 Å². The van der Waals surface area contributed by atoms with Crippen LogP contribution in [0.5, 0.6) is 0 Å². The van der Waals surface area contributed by atoms with E-state index in [0.29, 0.717) is 13.0 Å². The normalized spacial score (nSPS) is 26.2. The van der Waals surface area contributed by atoms with Crippen molar-refractivity contribution in [3.05, 3.63) is 18.3 Å². The van der Waals surface area contributed by atoms with E-state index in [4.69, 9.17) is 5.73 Å². The number of pyridine rings is 1. The molecule has 7 heteroatoms. The van der Waals surface area contributed by atoms with Crippen molar-refractivity contribution in [3.8, 4) is 0 Å². The van der Waals surface area contributed by atoms with E-state index in [0.717, 1.165) is 0 Å². The summed E-state index contributed by atoms with van der Waals surface area (Å²) in [7, 11) is -3.57. The van der Waals surface area contributed by atoms with Gasteiger partial charge in [0.15, 0.2) is 0 Å². The van der Waals surface area contributed by atoms with Gasteiger partial charge in [0, 0.05) is 19.3 Å². The van der Waals surface area contributed by atoms with Gasteiger partial charge in [-0.25, -0.2) is 13.4 Å². The van der Waals surface area contributed by atoms with Crippen LogP contribution in [0.15, 0.2) is 23.2 Å². The van der Waals surface area contributed by atoms with Crippen molar-refractivity contribution in [1.82, 2.24) is 9.29 Å². The van der Waals surface area contributed by atoms with Gasteiger partial charge in [-0.2, -0.15) is 4.31 Å². The molecule has 6 nitrogen and oxygen atoms in total. The predicted molar refractivity (Wildman–Crippen MR) is 62.6 cm³/mol. The lowest BCUT2D eigenvalue weighted by Gasteiger charge is -2.18. The van der Waals surface area contributed by atoms with Crippen molar-refractivity contribution in [2.24, 2.45) is 0 Å². The van der Waals surface area contributed by atoms with Crippen LogP contribution >= 0.6 is 0 Å². The van der Waals surface area contributed by atoms with E-state index in [1.807, 2.05) is 0 Å². The van der Waals surface area contributed by atoms with E-state index in [1.165, 1.54) is 22.6 Å². The summed E-state index contributed by atoms with van der Waals surface area (Å²) in [4.78, 5) is 3.86. The second kappa shape index (κ2) is 3.94. The maximum atomic E-state index is 12.2. The van der Waals surface area contributed by atoms with Crippen molar-refractivity contribution < 1.29 is 13.5 Å². The number of rotatable bonds is 2. The van der Waals surface area contributed by atoms with Crippen molar-refractivity contribution >= 4 is 15.8 Å². The second-order valence-electron chi connectivity index (χ2n) is 4.50. The first-order chi connectivity index (χ1) is 7.81. The molecule has 2 rings (SSSR count). The predicted octanol–water partition coefficient (Wildman–Crippen LogP) is -0.191. The fourth-order valence-corrected chi connectivity index (χ4v) is 3.31. The number of nitrogens with two attached hydrogens (primary N) is 1. The topological polar surface area (TPSA) is 96.5 Å². The highest BCUT2D eigenvalue weighted by atomic mass is 32.2. The van der Waals surface area contributed by atoms with Gasteiger partial charge in [0.25, 0.3) is 0 Å². The van der Waals surface area contributed by atoms with Gasteiger partial charge < -0.3 is 10.8 Å². The third-order valence-corrected chi connectivity index (χ3v) is 4.64. The Labute approximate surface area is 100 Å². The molecule has 1 aliphatic rings. The Bertz CT molecular complexity index is 510. The van der Waals surface area contributed by atoms with Crippen LogP contribution in [0.2, 0.25) is 0 Å². The number of nitrogen functional groups attached to an aromatic ring is 1. The summed E-state index contributed by atoms with van der Waals surface area (Å²) in [5, 5.41) is 9.78. The summed E-state index contributed by atoms with van der Waals surface area (Å²) >= 11 is 0. The van der Waals surface area contributed by atoms with E-state index in [1.54, 1.807) is 6.92 Å². The lowest BCUT2D eigenvalue weighted by molar-refractivity contribution is 0.0762. The van der Waals surface area contributed by atoms with Crippen LogP contribution in [0.3, 0.4) is 0 Å². The maximum absolute atomic E-state index is 12.2. The summed E-state index contributed by atoms with van der Waals surface area (Å²) in [5.74, 6) is 0.275. The Morgan fingerprint density at radius 1 is 1.53 bits per heavy atom. The average molecular weight is 257 g/mol. The van der Waals surface area contributed by atoms with Crippen LogP contribution in [-0.2, 0) is 10.0 Å². The van der Waals surface area contributed by atoms with Crippen LogP contribution in [0.4, 0.5) is 5.82 Å². The molecule has 0 saturated carbocycles. The number of nitrogens with zero attached hydrogens (tertiary/aromatic N) is 2. The molecule has 2 heterocycles. The molecule has 0 bridgehead atoms. The Morgan fingerprint density at radius 3 is 2.71 bits per heavy atom. The lowest BCUT2D eigenvalue weighted by Crippen LogP contribution is -2.34. The zero-order valence-corrected chi connectivity index (χ0v) is 10.3. The number of sulfonamides is 1. The Balaban J connectivity index is 2.29. The molecular formula is C10H15N3O3S. The minimum atomic E-state index is -3.57. The largest absolute Gasteiger partial charge is 0.389 e. The zero-order chi connectivity index (χ0) is 12.7. The van der Waals surface area contributed by atoms with Gasteiger partial charge in [0.1, 0.15) is 10.7 Å². The molecule has 0 aromatic carbocycles. The number of hydrogen-bond donors (Lipinski definition) is 2. The van der Waals surface area contributed by atoms with Gasteiger partial charge >= 0.3 is 0 Å². The van der Waals surface area contributed by atoms with Crippen molar-refractivity contribution in [3.63, 3.8) is 0 Å². The number of β-amino-alcohol motifs (C(OH)–C–C–N with tert-alkyl or cyclic N) is 1. The smallest absolute Gasteiger partial charge is 0.244 e. The molecule has 0 radical (unpaired) electrons. The molecule has 0 spiro atoms. The fourth-order valence-electron chi connectivity index (χ4n) is 1.80. The van der Waals surface area contributed by atoms with Crippen LogP contribution < -0.4 is 5.73 Å². The summed E-state index contributed by atoms with van der Waals surface area (Å²) in [5.41, 5.74) is 4.46. The average Bonchev–Trinajstić information content (AvgIpc) is 2.60. The lowest BCUT2D eigenvalue weighted by atomic mass is 10.1. The van der Waals surface area contributed by atoms with Crippen LogP contribution in [0.1, 0.15) is 13.3 Å². The second-order valence-corrected chi connectivity index (χ2v) is 6.44. The summed E-state index contributed by atoms with van der Waals surface area (Å²) in [6.07, 6.45) is 1.67. The Morgan fingerprint density at radius 2 is 2.24 bits per heavy atom. The Hall–Kier alpha value is -1.18. The third kappa shape index (κ3) is 2.41. The highest BCUT2D eigenvalue weighted by molar-refractivity contribution is 7.89. The molecule has 1 aromatic rings. The van der Waals surface area contributed by atoms with Gasteiger partial charge in [0.05, 0.1) is 5.60 Å². The molecule has 3 N–H and O–H groups in total. The van der Waals surface area contributed by atoms with Gasteiger partial charge in [-0.1, -0.05) is 0 Å². The van der Waals surface area contributed by atoms with Gasteiger partial charge in [-0.05, 0) is 25.5 Å². The first-order valence-corrected chi connectivity index (χ1v) is 6.69. The number of anilines is 1. The summed E-state index contributed by atoms with van der Waals surface area (Å²) < 4.78 is 25.6. The monoisotopic (exact) mass is 257 g/mol. The van der Waals surface area contributed by atoms with Crippen LogP contribution in [-0.4, -0.2) is 41.5 Å². The van der Waals surface area contributed by atoms with Crippen molar-refractivity contribution in [2.75, 3.05) is 18.8 Å². The first kappa shape index (κ1) is 12.3. The van der Waals surface area contributed by atoms with Crippen LogP contribution in [0, 0.1) is 0 Å². The first-order valence-electron chi connectivity index (χ1n) is 5.25. The molecular weight excluding hydrogens is 242 g/mol. The van der Waals surface area contributed by atoms with E-state index in [-0.39, 0.29) is 17.3 Å². The van der Waals surface area contributed by atoms with Gasteiger partial charge in [-0.15, -0.1) is 0 Å². The Kier molecular flexibility index (Phi) is 2.84. The van der Waals surface area contributed by atoms with E-state index in [9.17, 15) is 13.5 Å². The molecule has 1 saturated heterocycles. The summed E-state index contributed by atoms with van der Waals surface area (Å²) in [6.45, 7) is 2.06. The number of hydrogen-bond acceptors (Lipinski definition) is 5. The van der Waals surface area contributed by atoms with Gasteiger partial charge in [-0.3, -0.25) is 0 Å². The molecule has 1 unspecified atom stereocenters. The molecule has 94 valence electrons. The van der Waals surface area contributed by atoms with E-state index in [2.05, 4.69) is 4.98 Å². The minimum Gasteiger partial charge on any atom is -0.389 e. The summed E-state index contributed by atoms with van der Waals surface area (Å²) in [6, 6.07) is 2.87. The minimum absolute atomic E-state index is 0.101. The molecule has 0 aliphatic carbocycles. The highest BCUT2D eigenvalue weighted by Gasteiger charge is 2.38. The third-order valence-electron chi connectivity index (χ3n) is 2.81. The quantitative estimate of drug-likeness (QED) is 0.765. The molecule has 1 aliphatic heterocycles. The molecule has 1 atom stereocenters. The van der Waals surface area contributed by atoms with Crippen LogP contribution in [0.25, 0.3) is 0 Å². The number of aromatic nitrogens is 1. The number of aliphatic hydroxyl groups is 1.